The van der Waals surface area contributed by atoms with Gasteiger partial charge in [-0.2, -0.15) is 0 Å². The lowest BCUT2D eigenvalue weighted by Gasteiger charge is -2.07. The van der Waals surface area contributed by atoms with E-state index in [1.165, 1.54) is 19.2 Å². The Balaban J connectivity index is 2.12. The Morgan fingerprint density at radius 3 is 2.50 bits per heavy atom. The van der Waals surface area contributed by atoms with Crippen LogP contribution in [0.25, 0.3) is 0 Å². The number of alkyl halides is 1. The third-order valence-electron chi connectivity index (χ3n) is 2.78. The Kier molecular flexibility index (Phi) is 4.74. The van der Waals surface area contributed by atoms with Gasteiger partial charge in [-0.25, -0.2) is 4.39 Å². The van der Waals surface area contributed by atoms with Crippen molar-refractivity contribution in [2.75, 3.05) is 12.4 Å². The molecule has 0 spiro atoms. The van der Waals surface area contributed by atoms with Gasteiger partial charge in [0.15, 0.2) is 11.6 Å². The van der Waals surface area contributed by atoms with Crippen LogP contribution in [0.2, 0.25) is 0 Å². The molecule has 1 N–H and O–H groups in total. The molecule has 0 radical (unpaired) electrons. The summed E-state index contributed by atoms with van der Waals surface area (Å²) in [5.41, 5.74) is 2.02. The fraction of sp³-hybridized carbons (Fsp3) is 0.133. The number of hydrogen-bond acceptors (Lipinski definition) is 2. The van der Waals surface area contributed by atoms with E-state index in [9.17, 15) is 9.18 Å². The van der Waals surface area contributed by atoms with Gasteiger partial charge in [-0.15, -0.1) is 0 Å². The van der Waals surface area contributed by atoms with Crippen LogP contribution >= 0.6 is 15.9 Å². The summed E-state index contributed by atoms with van der Waals surface area (Å²) in [6.45, 7) is 0. The SMILES string of the molecule is COc1ccc(C(=O)Nc2ccc(CBr)cc2)cc1F. The summed E-state index contributed by atoms with van der Waals surface area (Å²) in [6.07, 6.45) is 0. The normalized spacial score (nSPS) is 10.2. The zero-order valence-electron chi connectivity index (χ0n) is 10.8. The van der Waals surface area contributed by atoms with Crippen LogP contribution in [-0.4, -0.2) is 13.0 Å². The molecule has 0 fully saturated rings. The molecule has 0 aliphatic carbocycles. The molecule has 104 valence electrons. The molecule has 1 amide bonds. The van der Waals surface area contributed by atoms with Crippen LogP contribution in [0.4, 0.5) is 10.1 Å². The molecular weight excluding hydrogens is 325 g/mol. The molecule has 2 aromatic rings. The first-order chi connectivity index (χ1) is 9.63. The molecule has 0 atom stereocenters. The van der Waals surface area contributed by atoms with Gasteiger partial charge in [0.05, 0.1) is 7.11 Å². The molecule has 3 nitrogen and oxygen atoms in total. The second-order valence-corrected chi connectivity index (χ2v) is 4.69. The van der Waals surface area contributed by atoms with Crippen molar-refractivity contribution in [3.8, 4) is 5.75 Å². The Bertz CT molecular complexity index is 614. The molecule has 0 heterocycles. The van der Waals surface area contributed by atoms with Crippen LogP contribution in [0, 0.1) is 5.82 Å². The van der Waals surface area contributed by atoms with Crippen molar-refractivity contribution in [2.45, 2.75) is 5.33 Å². The van der Waals surface area contributed by atoms with Crippen LogP contribution in [-0.2, 0) is 5.33 Å². The highest BCUT2D eigenvalue weighted by Gasteiger charge is 2.10. The van der Waals surface area contributed by atoms with E-state index >= 15 is 0 Å². The Hall–Kier alpha value is -1.88. The molecule has 2 rings (SSSR count). The third kappa shape index (κ3) is 3.36. The van der Waals surface area contributed by atoms with Crippen LogP contribution in [0.3, 0.4) is 0 Å². The van der Waals surface area contributed by atoms with Gasteiger partial charge in [-0.1, -0.05) is 28.1 Å². The molecule has 0 saturated heterocycles. The van der Waals surface area contributed by atoms with Gasteiger partial charge in [0, 0.05) is 16.6 Å². The van der Waals surface area contributed by atoms with Gasteiger partial charge in [0.25, 0.3) is 5.91 Å². The van der Waals surface area contributed by atoms with E-state index in [1.807, 2.05) is 12.1 Å². The number of ether oxygens (including phenoxy) is 1. The Labute approximate surface area is 124 Å². The zero-order valence-corrected chi connectivity index (χ0v) is 12.4. The first-order valence-corrected chi connectivity index (χ1v) is 7.06. The lowest BCUT2D eigenvalue weighted by Crippen LogP contribution is -2.12. The second kappa shape index (κ2) is 6.52. The molecule has 20 heavy (non-hydrogen) atoms. The lowest BCUT2D eigenvalue weighted by molar-refractivity contribution is 0.102. The maximum atomic E-state index is 13.5. The lowest BCUT2D eigenvalue weighted by atomic mass is 10.2. The van der Waals surface area contributed by atoms with Crippen molar-refractivity contribution in [2.24, 2.45) is 0 Å². The third-order valence-corrected chi connectivity index (χ3v) is 3.43. The van der Waals surface area contributed by atoms with E-state index in [2.05, 4.69) is 21.2 Å². The average molecular weight is 338 g/mol. The number of anilines is 1. The van der Waals surface area contributed by atoms with E-state index in [1.54, 1.807) is 12.1 Å². The van der Waals surface area contributed by atoms with E-state index in [4.69, 9.17) is 4.74 Å². The van der Waals surface area contributed by atoms with Gasteiger partial charge in [0.1, 0.15) is 0 Å². The van der Waals surface area contributed by atoms with E-state index < -0.39 is 5.82 Å². The molecular formula is C15H13BrFNO2. The Morgan fingerprint density at radius 2 is 1.95 bits per heavy atom. The van der Waals surface area contributed by atoms with E-state index in [0.717, 1.165) is 17.0 Å². The standard InChI is InChI=1S/C15H13BrFNO2/c1-20-14-7-4-11(8-13(14)17)15(19)18-12-5-2-10(9-16)3-6-12/h2-8H,9H2,1H3,(H,18,19). The summed E-state index contributed by atoms with van der Waals surface area (Å²) in [6, 6.07) is 11.5. The monoisotopic (exact) mass is 337 g/mol. The molecule has 0 aliphatic rings. The summed E-state index contributed by atoms with van der Waals surface area (Å²) in [7, 11) is 1.38. The average Bonchev–Trinajstić information content (AvgIpc) is 2.48. The Morgan fingerprint density at radius 1 is 1.25 bits per heavy atom. The molecule has 0 aromatic heterocycles. The molecule has 0 aliphatic heterocycles. The van der Waals surface area contributed by atoms with Gasteiger partial charge in [-0.3, -0.25) is 4.79 Å². The van der Waals surface area contributed by atoms with Crippen molar-refractivity contribution in [1.29, 1.82) is 0 Å². The van der Waals surface area contributed by atoms with Crippen LogP contribution in [0.5, 0.6) is 5.75 Å². The molecule has 0 unspecified atom stereocenters. The van der Waals surface area contributed by atoms with Crippen molar-refractivity contribution in [1.82, 2.24) is 0 Å². The summed E-state index contributed by atoms with van der Waals surface area (Å²) >= 11 is 3.35. The number of amides is 1. The summed E-state index contributed by atoms with van der Waals surface area (Å²) in [4.78, 5) is 12.0. The van der Waals surface area contributed by atoms with Gasteiger partial charge in [-0.05, 0) is 35.9 Å². The maximum absolute atomic E-state index is 13.5. The highest BCUT2D eigenvalue weighted by Crippen LogP contribution is 2.19. The van der Waals surface area contributed by atoms with Gasteiger partial charge < -0.3 is 10.1 Å². The smallest absolute Gasteiger partial charge is 0.255 e. The second-order valence-electron chi connectivity index (χ2n) is 4.13. The largest absolute Gasteiger partial charge is 0.494 e. The topological polar surface area (TPSA) is 38.3 Å². The predicted octanol–water partition coefficient (Wildman–Crippen LogP) is 3.98. The summed E-state index contributed by atoms with van der Waals surface area (Å²) in [5, 5.41) is 3.47. The minimum absolute atomic E-state index is 0.114. The number of halogens is 2. The number of nitrogens with one attached hydrogen (secondary N) is 1. The molecule has 5 heteroatoms. The highest BCUT2D eigenvalue weighted by molar-refractivity contribution is 9.08. The number of carbonyl (C=O) groups is 1. The number of carbonyl (C=O) groups excluding carboxylic acids is 1. The molecule has 2 aromatic carbocycles. The first-order valence-electron chi connectivity index (χ1n) is 5.94. The van der Waals surface area contributed by atoms with Gasteiger partial charge >= 0.3 is 0 Å². The summed E-state index contributed by atoms with van der Waals surface area (Å²) < 4.78 is 18.4. The molecule has 0 saturated carbocycles. The minimum Gasteiger partial charge on any atom is -0.494 e. The quantitative estimate of drug-likeness (QED) is 0.857. The van der Waals surface area contributed by atoms with Crippen molar-refractivity contribution >= 4 is 27.5 Å². The van der Waals surface area contributed by atoms with Crippen molar-refractivity contribution < 1.29 is 13.9 Å². The maximum Gasteiger partial charge on any atom is 0.255 e. The fourth-order valence-electron chi connectivity index (χ4n) is 1.69. The summed E-state index contributed by atoms with van der Waals surface area (Å²) in [5.74, 6) is -0.809. The number of methoxy groups -OCH3 is 1. The van der Waals surface area contributed by atoms with Crippen LogP contribution in [0.15, 0.2) is 42.5 Å². The zero-order chi connectivity index (χ0) is 14.5. The minimum atomic E-state index is -0.560. The van der Waals surface area contributed by atoms with Crippen molar-refractivity contribution in [3.63, 3.8) is 0 Å². The van der Waals surface area contributed by atoms with Crippen LogP contribution in [0.1, 0.15) is 15.9 Å². The van der Waals surface area contributed by atoms with Crippen molar-refractivity contribution in [3.05, 3.63) is 59.4 Å². The van der Waals surface area contributed by atoms with E-state index in [-0.39, 0.29) is 17.2 Å². The first kappa shape index (κ1) is 14.5. The van der Waals surface area contributed by atoms with Gasteiger partial charge in [0.2, 0.25) is 0 Å². The predicted molar refractivity (Wildman–Crippen MR) is 80.0 cm³/mol. The highest BCUT2D eigenvalue weighted by atomic mass is 79.9. The fourth-order valence-corrected chi connectivity index (χ4v) is 2.06. The molecule has 0 bridgehead atoms. The van der Waals surface area contributed by atoms with Crippen LogP contribution < -0.4 is 10.1 Å². The number of benzene rings is 2. The van der Waals surface area contributed by atoms with E-state index in [0.29, 0.717) is 5.69 Å². The number of rotatable bonds is 4. The number of hydrogen-bond donors (Lipinski definition) is 1.